The summed E-state index contributed by atoms with van der Waals surface area (Å²) in [7, 11) is 3.23. The van der Waals surface area contributed by atoms with E-state index in [4.69, 9.17) is 15.2 Å². The number of thiophene rings is 1. The summed E-state index contributed by atoms with van der Waals surface area (Å²) in [5, 5.41) is 5.21. The number of nitrogens with one attached hydrogen (secondary N) is 1. The van der Waals surface area contributed by atoms with Crippen LogP contribution in [0.4, 0.5) is 5.00 Å². The molecule has 3 N–H and O–H groups in total. The molecule has 1 aromatic heterocycles. The van der Waals surface area contributed by atoms with Crippen molar-refractivity contribution in [1.82, 2.24) is 4.90 Å². The molecule has 0 spiro atoms. The predicted octanol–water partition coefficient (Wildman–Crippen LogP) is 3.53. The SMILES string of the molecule is COc1cc2c(cc1OC)CN(CC(=O)Nc1scc(-c3ccccc3)c1C(N)=O)CC2. The summed E-state index contributed by atoms with van der Waals surface area (Å²) in [6.07, 6.45) is 0.812. The fraction of sp³-hybridized carbons (Fsp3) is 0.250. The number of nitrogens with two attached hydrogens (primary N) is 1. The number of methoxy groups -OCH3 is 2. The minimum Gasteiger partial charge on any atom is -0.493 e. The van der Waals surface area contributed by atoms with Gasteiger partial charge in [-0.1, -0.05) is 30.3 Å². The highest BCUT2D eigenvalue weighted by atomic mass is 32.1. The third-order valence-electron chi connectivity index (χ3n) is 5.54. The normalized spacial score (nSPS) is 13.3. The second kappa shape index (κ2) is 9.42. The number of nitrogens with zero attached hydrogens (tertiary/aromatic N) is 1. The van der Waals surface area contributed by atoms with Crippen molar-refractivity contribution in [2.75, 3.05) is 32.6 Å². The monoisotopic (exact) mass is 451 g/mol. The Labute approximate surface area is 190 Å². The fourth-order valence-corrected chi connectivity index (χ4v) is 4.96. The number of primary amides is 1. The van der Waals surface area contributed by atoms with Gasteiger partial charge in [-0.3, -0.25) is 14.5 Å². The summed E-state index contributed by atoms with van der Waals surface area (Å²) < 4.78 is 10.8. The summed E-state index contributed by atoms with van der Waals surface area (Å²) in [6, 6.07) is 13.5. The zero-order chi connectivity index (χ0) is 22.7. The highest BCUT2D eigenvalue weighted by Gasteiger charge is 2.23. The summed E-state index contributed by atoms with van der Waals surface area (Å²) in [5.74, 6) is 0.644. The van der Waals surface area contributed by atoms with Gasteiger partial charge < -0.3 is 20.5 Å². The molecule has 0 fully saturated rings. The van der Waals surface area contributed by atoms with E-state index in [1.54, 1.807) is 14.2 Å². The highest BCUT2D eigenvalue weighted by Crippen LogP contribution is 2.36. The summed E-state index contributed by atoms with van der Waals surface area (Å²) in [4.78, 5) is 27.0. The lowest BCUT2D eigenvalue weighted by atomic mass is 9.99. The van der Waals surface area contributed by atoms with Crippen molar-refractivity contribution in [1.29, 1.82) is 0 Å². The minimum absolute atomic E-state index is 0.183. The topological polar surface area (TPSA) is 93.9 Å². The van der Waals surface area contributed by atoms with E-state index in [-0.39, 0.29) is 12.5 Å². The average molecular weight is 452 g/mol. The number of hydrogen-bond donors (Lipinski definition) is 2. The number of carbonyl (C=O) groups is 2. The first-order valence-electron chi connectivity index (χ1n) is 10.2. The third kappa shape index (κ3) is 4.46. The average Bonchev–Trinajstić information content (AvgIpc) is 3.22. The largest absolute Gasteiger partial charge is 0.493 e. The molecule has 32 heavy (non-hydrogen) atoms. The molecule has 1 aliphatic rings. The standard InChI is InChI=1S/C24H25N3O4S/c1-30-19-10-16-8-9-27(12-17(16)11-20(19)31-2)13-21(28)26-24-22(23(25)29)18(14-32-24)15-6-4-3-5-7-15/h3-7,10-11,14H,8-9,12-13H2,1-2H3,(H2,25,29)(H,26,28). The summed E-state index contributed by atoms with van der Waals surface area (Å²) >= 11 is 1.31. The number of hydrogen-bond acceptors (Lipinski definition) is 6. The number of benzene rings is 2. The van der Waals surface area contributed by atoms with Gasteiger partial charge in [-0.15, -0.1) is 11.3 Å². The van der Waals surface area contributed by atoms with Gasteiger partial charge >= 0.3 is 0 Å². The van der Waals surface area contributed by atoms with Crippen LogP contribution < -0.4 is 20.5 Å². The Bertz CT molecular complexity index is 1140. The number of anilines is 1. The van der Waals surface area contributed by atoms with Crippen LogP contribution in [0.2, 0.25) is 0 Å². The van der Waals surface area contributed by atoms with Crippen LogP contribution in [0.15, 0.2) is 47.8 Å². The van der Waals surface area contributed by atoms with E-state index < -0.39 is 5.91 Å². The number of rotatable bonds is 7. The van der Waals surface area contributed by atoms with Crippen LogP contribution >= 0.6 is 11.3 Å². The second-order valence-corrected chi connectivity index (χ2v) is 8.45. The number of fused-ring (bicyclic) bond motifs is 1. The Morgan fingerprint density at radius 1 is 1.09 bits per heavy atom. The van der Waals surface area contributed by atoms with E-state index in [0.717, 1.165) is 29.7 Å². The minimum atomic E-state index is -0.562. The van der Waals surface area contributed by atoms with E-state index >= 15 is 0 Å². The van der Waals surface area contributed by atoms with Crippen LogP contribution in [0.25, 0.3) is 11.1 Å². The molecular formula is C24H25N3O4S. The first-order valence-corrected chi connectivity index (χ1v) is 11.1. The van der Waals surface area contributed by atoms with Crippen LogP contribution in [-0.2, 0) is 17.8 Å². The Kier molecular flexibility index (Phi) is 6.43. The lowest BCUT2D eigenvalue weighted by Crippen LogP contribution is -2.37. The van der Waals surface area contributed by atoms with Crippen molar-refractivity contribution in [2.45, 2.75) is 13.0 Å². The van der Waals surface area contributed by atoms with Gasteiger partial charge in [-0.05, 0) is 35.2 Å². The van der Waals surface area contributed by atoms with Crippen molar-refractivity contribution in [3.8, 4) is 22.6 Å². The predicted molar refractivity (Wildman–Crippen MR) is 125 cm³/mol. The maximum absolute atomic E-state index is 12.8. The van der Waals surface area contributed by atoms with Crippen LogP contribution in [0.1, 0.15) is 21.5 Å². The van der Waals surface area contributed by atoms with Gasteiger partial charge in [0.25, 0.3) is 5.91 Å². The van der Waals surface area contributed by atoms with E-state index in [1.165, 1.54) is 16.9 Å². The zero-order valence-electron chi connectivity index (χ0n) is 18.0. The molecule has 0 aliphatic carbocycles. The van der Waals surface area contributed by atoms with E-state index in [0.29, 0.717) is 28.6 Å². The van der Waals surface area contributed by atoms with Gasteiger partial charge in [0, 0.05) is 24.0 Å². The van der Waals surface area contributed by atoms with Crippen LogP contribution in [0, 0.1) is 0 Å². The molecule has 7 nitrogen and oxygen atoms in total. The Balaban J connectivity index is 1.47. The van der Waals surface area contributed by atoms with Crippen molar-refractivity contribution in [2.24, 2.45) is 5.73 Å². The van der Waals surface area contributed by atoms with Crippen molar-refractivity contribution in [3.63, 3.8) is 0 Å². The molecule has 4 rings (SSSR count). The molecule has 0 unspecified atom stereocenters. The zero-order valence-corrected chi connectivity index (χ0v) is 18.8. The smallest absolute Gasteiger partial charge is 0.252 e. The quantitative estimate of drug-likeness (QED) is 0.573. The van der Waals surface area contributed by atoms with E-state index in [9.17, 15) is 9.59 Å². The molecule has 2 heterocycles. The van der Waals surface area contributed by atoms with Crippen molar-refractivity contribution in [3.05, 3.63) is 64.5 Å². The van der Waals surface area contributed by atoms with Crippen LogP contribution in [-0.4, -0.2) is 44.0 Å². The molecule has 166 valence electrons. The Morgan fingerprint density at radius 2 is 1.78 bits per heavy atom. The van der Waals surface area contributed by atoms with Gasteiger partial charge in [0.1, 0.15) is 5.00 Å². The maximum Gasteiger partial charge on any atom is 0.252 e. The van der Waals surface area contributed by atoms with Crippen LogP contribution in [0.3, 0.4) is 0 Å². The molecule has 8 heteroatoms. The summed E-state index contributed by atoms with van der Waals surface area (Å²) in [5.41, 5.74) is 9.91. The van der Waals surface area contributed by atoms with E-state index in [1.807, 2.05) is 47.8 Å². The number of ether oxygens (including phenoxy) is 2. The van der Waals surface area contributed by atoms with Crippen molar-refractivity contribution >= 4 is 28.2 Å². The van der Waals surface area contributed by atoms with Gasteiger partial charge in [0.2, 0.25) is 5.91 Å². The lowest BCUT2D eigenvalue weighted by Gasteiger charge is -2.29. The molecule has 0 atom stereocenters. The van der Waals surface area contributed by atoms with Gasteiger partial charge in [0.05, 0.1) is 26.3 Å². The van der Waals surface area contributed by atoms with Gasteiger partial charge in [-0.2, -0.15) is 0 Å². The van der Waals surface area contributed by atoms with Gasteiger partial charge in [-0.25, -0.2) is 0 Å². The molecular weight excluding hydrogens is 426 g/mol. The third-order valence-corrected chi connectivity index (χ3v) is 6.43. The van der Waals surface area contributed by atoms with E-state index in [2.05, 4.69) is 10.2 Å². The number of carbonyl (C=O) groups excluding carboxylic acids is 2. The Hall–Kier alpha value is -3.36. The highest BCUT2D eigenvalue weighted by molar-refractivity contribution is 7.15. The first-order chi connectivity index (χ1) is 15.5. The Morgan fingerprint density at radius 3 is 2.44 bits per heavy atom. The summed E-state index contributed by atoms with van der Waals surface area (Å²) in [6.45, 7) is 1.59. The molecule has 2 amide bonds. The molecule has 0 saturated carbocycles. The number of amides is 2. The molecule has 0 saturated heterocycles. The maximum atomic E-state index is 12.8. The van der Waals surface area contributed by atoms with Crippen molar-refractivity contribution < 1.29 is 19.1 Å². The lowest BCUT2D eigenvalue weighted by molar-refractivity contribution is -0.117. The fourth-order valence-electron chi connectivity index (χ4n) is 3.97. The molecule has 1 aliphatic heterocycles. The molecule has 3 aromatic rings. The first kappa shape index (κ1) is 21.9. The second-order valence-electron chi connectivity index (χ2n) is 7.57. The molecule has 0 radical (unpaired) electrons. The molecule has 0 bridgehead atoms. The molecule has 2 aromatic carbocycles. The van der Waals surface area contributed by atoms with Gasteiger partial charge in [0.15, 0.2) is 11.5 Å². The van der Waals surface area contributed by atoms with Crippen LogP contribution in [0.5, 0.6) is 11.5 Å².